The van der Waals surface area contributed by atoms with Gasteiger partial charge in [-0.1, -0.05) is 24.3 Å². The van der Waals surface area contributed by atoms with Crippen molar-refractivity contribution in [3.8, 4) is 0 Å². The molecule has 0 aliphatic rings. The van der Waals surface area contributed by atoms with E-state index in [1.165, 1.54) is 22.3 Å². The number of hydrogen-bond acceptors (Lipinski definition) is 2. The maximum absolute atomic E-state index is 4.48. The summed E-state index contributed by atoms with van der Waals surface area (Å²) in [6.07, 6.45) is 1.85. The van der Waals surface area contributed by atoms with Gasteiger partial charge in [0.05, 0.1) is 12.1 Å². The minimum Gasteiger partial charge on any atom is -0.321 e. The Kier molecular flexibility index (Phi) is 2.95. The molecule has 2 aromatic heterocycles. The van der Waals surface area contributed by atoms with Gasteiger partial charge in [-0.3, -0.25) is 9.66 Å². The Hall–Kier alpha value is -2.29. The molecule has 0 fully saturated rings. The second-order valence-corrected chi connectivity index (χ2v) is 4.78. The van der Waals surface area contributed by atoms with Crippen LogP contribution in [0.5, 0.6) is 0 Å². The van der Waals surface area contributed by atoms with E-state index in [1.807, 2.05) is 12.3 Å². The zero-order valence-electron chi connectivity index (χ0n) is 11.2. The van der Waals surface area contributed by atoms with Gasteiger partial charge in [-0.25, -0.2) is 0 Å². The topological polar surface area (TPSA) is 29.9 Å². The van der Waals surface area contributed by atoms with Crippen LogP contribution in [0.4, 0.5) is 0 Å². The van der Waals surface area contributed by atoms with Crippen LogP contribution < -0.4 is 5.43 Å². The summed E-state index contributed by atoms with van der Waals surface area (Å²) < 4.78 is 2.11. The van der Waals surface area contributed by atoms with Crippen molar-refractivity contribution in [3.63, 3.8) is 0 Å². The molecule has 3 heteroatoms. The molecule has 3 rings (SSSR count). The Labute approximate surface area is 112 Å². The number of nitrogens with one attached hydrogen (secondary N) is 1. The van der Waals surface area contributed by atoms with E-state index in [0.29, 0.717) is 0 Å². The third kappa shape index (κ3) is 2.19. The third-order valence-corrected chi connectivity index (χ3v) is 3.42. The molecule has 0 aliphatic carbocycles. The highest BCUT2D eigenvalue weighted by molar-refractivity contribution is 5.81. The van der Waals surface area contributed by atoms with Gasteiger partial charge in [0.15, 0.2) is 0 Å². The van der Waals surface area contributed by atoms with Gasteiger partial charge in [0.1, 0.15) is 0 Å². The van der Waals surface area contributed by atoms with Gasteiger partial charge in [0.25, 0.3) is 0 Å². The number of aromatic nitrogens is 2. The first kappa shape index (κ1) is 11.8. The molecule has 0 atom stereocenters. The standard InChI is InChI=1S/C16H17N3/c1-12-8-9-13(2)19(12)18-11-15-6-3-5-14-7-4-10-17-16(14)15/h3-10,18H,11H2,1-2H3. The van der Waals surface area contributed by atoms with Crippen LogP contribution in [-0.2, 0) is 6.54 Å². The van der Waals surface area contributed by atoms with E-state index in [4.69, 9.17) is 0 Å². The predicted octanol–water partition coefficient (Wildman–Crippen LogP) is 3.40. The number of pyridine rings is 1. The molecule has 3 nitrogen and oxygen atoms in total. The summed E-state index contributed by atoms with van der Waals surface area (Å²) in [5.41, 5.74) is 8.16. The lowest BCUT2D eigenvalue weighted by atomic mass is 10.1. The van der Waals surface area contributed by atoms with Crippen LogP contribution in [0.1, 0.15) is 17.0 Å². The molecule has 2 heterocycles. The Bertz CT molecular complexity index is 688. The highest BCUT2D eigenvalue weighted by Gasteiger charge is 2.03. The van der Waals surface area contributed by atoms with Crippen LogP contribution in [0.25, 0.3) is 10.9 Å². The highest BCUT2D eigenvalue weighted by atomic mass is 15.4. The Morgan fingerprint density at radius 1 is 1.00 bits per heavy atom. The maximum Gasteiger partial charge on any atom is 0.0752 e. The van der Waals surface area contributed by atoms with Gasteiger partial charge in [-0.05, 0) is 37.6 Å². The largest absolute Gasteiger partial charge is 0.321 e. The lowest BCUT2D eigenvalue weighted by Crippen LogP contribution is -2.17. The molecule has 1 N–H and O–H groups in total. The molecule has 96 valence electrons. The first-order valence-corrected chi connectivity index (χ1v) is 6.47. The van der Waals surface area contributed by atoms with Crippen LogP contribution in [0, 0.1) is 13.8 Å². The highest BCUT2D eigenvalue weighted by Crippen LogP contribution is 2.16. The second kappa shape index (κ2) is 4.76. The summed E-state index contributed by atoms with van der Waals surface area (Å²) in [6, 6.07) is 14.6. The minimum atomic E-state index is 0.769. The van der Waals surface area contributed by atoms with Crippen LogP contribution in [0.3, 0.4) is 0 Å². The van der Waals surface area contributed by atoms with Gasteiger partial charge in [-0.15, -0.1) is 0 Å². The Morgan fingerprint density at radius 3 is 2.53 bits per heavy atom. The summed E-state index contributed by atoms with van der Waals surface area (Å²) in [4.78, 5) is 4.48. The summed E-state index contributed by atoms with van der Waals surface area (Å²) in [7, 11) is 0. The van der Waals surface area contributed by atoms with E-state index in [1.54, 1.807) is 0 Å². The van der Waals surface area contributed by atoms with Crippen molar-refractivity contribution in [2.45, 2.75) is 20.4 Å². The summed E-state index contributed by atoms with van der Waals surface area (Å²) in [5, 5.41) is 1.18. The molecule has 0 saturated carbocycles. The molecule has 1 aromatic carbocycles. The van der Waals surface area contributed by atoms with Gasteiger partial charge < -0.3 is 5.43 Å². The first-order valence-electron chi connectivity index (χ1n) is 6.47. The molecule has 19 heavy (non-hydrogen) atoms. The van der Waals surface area contributed by atoms with Crippen molar-refractivity contribution in [2.24, 2.45) is 0 Å². The summed E-state index contributed by atoms with van der Waals surface area (Å²) >= 11 is 0. The van der Waals surface area contributed by atoms with Crippen LogP contribution >= 0.6 is 0 Å². The zero-order chi connectivity index (χ0) is 13.2. The van der Waals surface area contributed by atoms with E-state index in [9.17, 15) is 0 Å². The van der Waals surface area contributed by atoms with E-state index >= 15 is 0 Å². The first-order chi connectivity index (χ1) is 9.25. The molecule has 3 aromatic rings. The van der Waals surface area contributed by atoms with Crippen molar-refractivity contribution in [1.29, 1.82) is 0 Å². The van der Waals surface area contributed by atoms with Crippen molar-refractivity contribution in [1.82, 2.24) is 9.66 Å². The van der Waals surface area contributed by atoms with Crippen molar-refractivity contribution in [2.75, 3.05) is 5.43 Å². The fourth-order valence-electron chi connectivity index (χ4n) is 2.39. The van der Waals surface area contributed by atoms with Gasteiger partial charge in [0, 0.05) is 23.0 Å². The number of aryl methyl sites for hydroxylation is 2. The van der Waals surface area contributed by atoms with Crippen molar-refractivity contribution >= 4 is 10.9 Å². The van der Waals surface area contributed by atoms with E-state index in [2.05, 4.69) is 65.3 Å². The number of rotatable bonds is 3. The smallest absolute Gasteiger partial charge is 0.0752 e. The summed E-state index contributed by atoms with van der Waals surface area (Å²) in [5.74, 6) is 0. The monoisotopic (exact) mass is 251 g/mol. The molecule has 0 radical (unpaired) electrons. The number of para-hydroxylation sites is 1. The lowest BCUT2D eigenvalue weighted by molar-refractivity contribution is 0.794. The second-order valence-electron chi connectivity index (χ2n) is 4.78. The molecule has 0 spiro atoms. The lowest BCUT2D eigenvalue weighted by Gasteiger charge is -2.13. The van der Waals surface area contributed by atoms with Crippen molar-refractivity contribution in [3.05, 3.63) is 65.6 Å². The fourth-order valence-corrected chi connectivity index (χ4v) is 2.39. The van der Waals surface area contributed by atoms with E-state index in [0.717, 1.165) is 12.1 Å². The molecule has 0 bridgehead atoms. The number of nitrogens with zero attached hydrogens (tertiary/aromatic N) is 2. The zero-order valence-corrected chi connectivity index (χ0v) is 11.2. The number of hydrogen-bond donors (Lipinski definition) is 1. The molecule has 0 saturated heterocycles. The normalized spacial score (nSPS) is 10.8. The molecule has 0 unspecified atom stereocenters. The van der Waals surface area contributed by atoms with E-state index < -0.39 is 0 Å². The molecule has 0 aliphatic heterocycles. The van der Waals surface area contributed by atoms with Crippen molar-refractivity contribution < 1.29 is 0 Å². The average molecular weight is 251 g/mol. The predicted molar refractivity (Wildman–Crippen MR) is 78.7 cm³/mol. The SMILES string of the molecule is Cc1ccc(C)n1NCc1cccc2cccnc12. The van der Waals surface area contributed by atoms with Gasteiger partial charge >= 0.3 is 0 Å². The Balaban J connectivity index is 1.90. The fraction of sp³-hybridized carbons (Fsp3) is 0.188. The third-order valence-electron chi connectivity index (χ3n) is 3.42. The van der Waals surface area contributed by atoms with Crippen LogP contribution in [0.2, 0.25) is 0 Å². The van der Waals surface area contributed by atoms with Crippen LogP contribution in [0.15, 0.2) is 48.7 Å². The summed E-state index contributed by atoms with van der Waals surface area (Å²) in [6.45, 7) is 4.97. The molecular formula is C16H17N3. The average Bonchev–Trinajstić information content (AvgIpc) is 2.76. The quantitative estimate of drug-likeness (QED) is 0.773. The van der Waals surface area contributed by atoms with Crippen LogP contribution in [-0.4, -0.2) is 9.66 Å². The molecule has 0 amide bonds. The number of fused-ring (bicyclic) bond motifs is 1. The van der Waals surface area contributed by atoms with Gasteiger partial charge in [0.2, 0.25) is 0 Å². The Morgan fingerprint density at radius 2 is 1.74 bits per heavy atom. The maximum atomic E-state index is 4.48. The minimum absolute atomic E-state index is 0.769. The number of benzene rings is 1. The molecular weight excluding hydrogens is 234 g/mol. The van der Waals surface area contributed by atoms with E-state index in [-0.39, 0.29) is 0 Å². The van der Waals surface area contributed by atoms with Gasteiger partial charge in [-0.2, -0.15) is 0 Å².